The lowest BCUT2D eigenvalue weighted by molar-refractivity contribution is -0.122. The predicted octanol–water partition coefficient (Wildman–Crippen LogP) is 2.13. The van der Waals surface area contributed by atoms with Gasteiger partial charge < -0.3 is 20.4 Å². The lowest BCUT2D eigenvalue weighted by Crippen LogP contribution is -2.52. The largest absolute Gasteiger partial charge is 0.370 e. The first kappa shape index (κ1) is 20.2. The molecule has 0 aromatic heterocycles. The summed E-state index contributed by atoms with van der Waals surface area (Å²) in [6.45, 7) is 9.15. The molecule has 0 spiro atoms. The molecule has 3 rings (SSSR count). The summed E-state index contributed by atoms with van der Waals surface area (Å²) in [7, 11) is 0. The van der Waals surface area contributed by atoms with Crippen molar-refractivity contribution >= 4 is 23.3 Å². The van der Waals surface area contributed by atoms with Gasteiger partial charge in [0.15, 0.2) is 0 Å². The van der Waals surface area contributed by atoms with Gasteiger partial charge in [0.25, 0.3) is 0 Å². The maximum Gasteiger partial charge on any atom is 0.321 e. The van der Waals surface area contributed by atoms with Crippen molar-refractivity contribution < 1.29 is 9.59 Å². The molecule has 0 unspecified atom stereocenters. The van der Waals surface area contributed by atoms with Crippen LogP contribution in [0.5, 0.6) is 0 Å². The van der Waals surface area contributed by atoms with E-state index < -0.39 is 0 Å². The third kappa shape index (κ3) is 5.48. The van der Waals surface area contributed by atoms with Crippen LogP contribution < -0.4 is 15.5 Å². The number of para-hydroxylation sites is 2. The van der Waals surface area contributed by atoms with Crippen molar-refractivity contribution in [2.75, 3.05) is 62.6 Å². The van der Waals surface area contributed by atoms with Gasteiger partial charge in [-0.25, -0.2) is 4.79 Å². The zero-order valence-corrected chi connectivity index (χ0v) is 16.5. The van der Waals surface area contributed by atoms with Crippen molar-refractivity contribution in [1.82, 2.24) is 15.1 Å². The Bertz CT molecular complexity index is 679. The number of nitrogens with one attached hydrogen (secondary N) is 2. The molecule has 2 aliphatic heterocycles. The highest BCUT2D eigenvalue weighted by Crippen LogP contribution is 2.28. The van der Waals surface area contributed by atoms with E-state index in [1.54, 1.807) is 6.08 Å². The van der Waals surface area contributed by atoms with E-state index in [1.165, 1.54) is 19.3 Å². The molecule has 2 fully saturated rings. The Labute approximate surface area is 167 Å². The third-order valence-electron chi connectivity index (χ3n) is 5.31. The van der Waals surface area contributed by atoms with Crippen LogP contribution in [-0.2, 0) is 4.79 Å². The third-order valence-corrected chi connectivity index (χ3v) is 5.31. The summed E-state index contributed by atoms with van der Waals surface area (Å²) in [6.07, 6.45) is 5.35. The number of amides is 3. The highest BCUT2D eigenvalue weighted by Gasteiger charge is 2.23. The number of anilines is 2. The molecule has 0 radical (unpaired) electrons. The average Bonchev–Trinajstić information content (AvgIpc) is 2.74. The van der Waals surface area contributed by atoms with Crippen LogP contribution in [0.2, 0.25) is 0 Å². The molecule has 0 atom stereocenters. The van der Waals surface area contributed by atoms with E-state index in [2.05, 4.69) is 33.1 Å². The molecule has 152 valence electrons. The molecule has 28 heavy (non-hydrogen) atoms. The van der Waals surface area contributed by atoms with Crippen LogP contribution in [-0.4, -0.2) is 74.1 Å². The summed E-state index contributed by atoms with van der Waals surface area (Å²) >= 11 is 0. The molecule has 2 N–H and O–H groups in total. The van der Waals surface area contributed by atoms with Gasteiger partial charge in [-0.1, -0.05) is 18.2 Å². The van der Waals surface area contributed by atoms with Gasteiger partial charge in [0.1, 0.15) is 0 Å². The molecule has 1 aromatic carbocycles. The zero-order valence-electron chi connectivity index (χ0n) is 16.5. The van der Waals surface area contributed by atoms with Gasteiger partial charge >= 0.3 is 6.03 Å². The summed E-state index contributed by atoms with van der Waals surface area (Å²) in [5, 5.41) is 5.88. The fourth-order valence-corrected chi connectivity index (χ4v) is 3.74. The molecule has 0 saturated carbocycles. The number of piperidine rings is 1. The van der Waals surface area contributed by atoms with E-state index in [9.17, 15) is 9.59 Å². The Morgan fingerprint density at radius 3 is 2.43 bits per heavy atom. The fraction of sp³-hybridized carbons (Fsp3) is 0.524. The predicted molar refractivity (Wildman–Crippen MR) is 113 cm³/mol. The van der Waals surface area contributed by atoms with Gasteiger partial charge in [0, 0.05) is 45.8 Å². The minimum atomic E-state index is -0.0692. The molecule has 7 nitrogen and oxygen atoms in total. The van der Waals surface area contributed by atoms with Crippen molar-refractivity contribution in [2.45, 2.75) is 19.3 Å². The van der Waals surface area contributed by atoms with Gasteiger partial charge in [0.2, 0.25) is 5.91 Å². The smallest absolute Gasteiger partial charge is 0.321 e. The van der Waals surface area contributed by atoms with Crippen LogP contribution in [0.15, 0.2) is 36.9 Å². The molecule has 0 aliphatic carbocycles. The molecular weight excluding hydrogens is 354 g/mol. The summed E-state index contributed by atoms with van der Waals surface area (Å²) in [6, 6.07) is 7.97. The molecule has 7 heteroatoms. The van der Waals surface area contributed by atoms with Gasteiger partial charge in [-0.2, -0.15) is 0 Å². The lowest BCUT2D eigenvalue weighted by atomic mass is 10.1. The second-order valence-electron chi connectivity index (χ2n) is 7.35. The van der Waals surface area contributed by atoms with Crippen molar-refractivity contribution in [2.24, 2.45) is 0 Å². The number of hydrogen-bond acceptors (Lipinski definition) is 4. The summed E-state index contributed by atoms with van der Waals surface area (Å²) in [5.74, 6) is -0.00624. The Hall–Kier alpha value is -2.54. The van der Waals surface area contributed by atoms with Crippen LogP contribution in [0.3, 0.4) is 0 Å². The standard InChI is InChI=1S/C21H31N5O2/c1-2-10-22-20(27)17-24-13-15-26(16-14-24)21(28)23-18-8-4-5-9-19(18)25-11-6-3-7-12-25/h2,4-5,8-9H,1,3,6-7,10-17H2,(H,22,27)(H,23,28). The topological polar surface area (TPSA) is 67.9 Å². The number of rotatable bonds is 6. The number of hydrogen-bond donors (Lipinski definition) is 2. The number of piperazine rings is 1. The minimum Gasteiger partial charge on any atom is -0.370 e. The minimum absolute atomic E-state index is 0.00624. The zero-order chi connectivity index (χ0) is 19.8. The maximum absolute atomic E-state index is 12.8. The van der Waals surface area contributed by atoms with E-state index in [-0.39, 0.29) is 11.9 Å². The number of benzene rings is 1. The SMILES string of the molecule is C=CCNC(=O)CN1CCN(C(=O)Nc2ccccc2N2CCCCC2)CC1. The Morgan fingerprint density at radius 1 is 1.00 bits per heavy atom. The monoisotopic (exact) mass is 385 g/mol. The quantitative estimate of drug-likeness (QED) is 0.736. The number of urea groups is 1. The van der Waals surface area contributed by atoms with Gasteiger partial charge in [0.05, 0.1) is 17.9 Å². The Balaban J connectivity index is 1.51. The number of nitrogens with zero attached hydrogens (tertiary/aromatic N) is 3. The van der Waals surface area contributed by atoms with Crippen LogP contribution in [0.25, 0.3) is 0 Å². The molecule has 0 bridgehead atoms. The second kappa shape index (κ2) is 10.1. The number of carbonyl (C=O) groups is 2. The lowest BCUT2D eigenvalue weighted by Gasteiger charge is -2.35. The van der Waals surface area contributed by atoms with Gasteiger partial charge in [-0.15, -0.1) is 6.58 Å². The van der Waals surface area contributed by atoms with Crippen LogP contribution in [0, 0.1) is 0 Å². The molecule has 2 aliphatic rings. The first-order chi connectivity index (χ1) is 13.7. The van der Waals surface area contributed by atoms with E-state index in [0.29, 0.717) is 39.3 Å². The van der Waals surface area contributed by atoms with Crippen LogP contribution in [0.1, 0.15) is 19.3 Å². The summed E-state index contributed by atoms with van der Waals surface area (Å²) in [4.78, 5) is 30.8. The van der Waals surface area contributed by atoms with E-state index >= 15 is 0 Å². The highest BCUT2D eigenvalue weighted by atomic mass is 16.2. The Kier molecular flexibility index (Phi) is 7.31. The first-order valence-electron chi connectivity index (χ1n) is 10.2. The highest BCUT2D eigenvalue weighted by molar-refractivity contribution is 5.93. The first-order valence-corrected chi connectivity index (χ1v) is 10.2. The van der Waals surface area contributed by atoms with Crippen molar-refractivity contribution in [3.63, 3.8) is 0 Å². The molecule has 2 heterocycles. The molecule has 3 amide bonds. The van der Waals surface area contributed by atoms with E-state index in [1.807, 2.05) is 23.1 Å². The fourth-order valence-electron chi connectivity index (χ4n) is 3.74. The van der Waals surface area contributed by atoms with E-state index in [4.69, 9.17) is 0 Å². The van der Waals surface area contributed by atoms with Crippen molar-refractivity contribution in [1.29, 1.82) is 0 Å². The van der Waals surface area contributed by atoms with Crippen molar-refractivity contribution in [3.05, 3.63) is 36.9 Å². The van der Waals surface area contributed by atoms with E-state index in [0.717, 1.165) is 24.5 Å². The van der Waals surface area contributed by atoms with Crippen molar-refractivity contribution in [3.8, 4) is 0 Å². The summed E-state index contributed by atoms with van der Waals surface area (Å²) in [5.41, 5.74) is 1.98. The van der Waals surface area contributed by atoms with Gasteiger partial charge in [-0.05, 0) is 31.4 Å². The van der Waals surface area contributed by atoms with Crippen LogP contribution in [0.4, 0.5) is 16.2 Å². The average molecular weight is 386 g/mol. The number of carbonyl (C=O) groups excluding carboxylic acids is 2. The Morgan fingerprint density at radius 2 is 1.71 bits per heavy atom. The van der Waals surface area contributed by atoms with Gasteiger partial charge in [-0.3, -0.25) is 9.69 Å². The molecule has 2 saturated heterocycles. The second-order valence-corrected chi connectivity index (χ2v) is 7.35. The molecular formula is C21H31N5O2. The summed E-state index contributed by atoms with van der Waals surface area (Å²) < 4.78 is 0. The molecule has 1 aromatic rings. The van der Waals surface area contributed by atoms with Crippen LogP contribution >= 0.6 is 0 Å². The normalized spacial score (nSPS) is 17.9. The maximum atomic E-state index is 12.8.